The second kappa shape index (κ2) is 5.71. The minimum atomic E-state index is -4.07. The highest BCUT2D eigenvalue weighted by Crippen LogP contribution is 2.22. The van der Waals surface area contributed by atoms with E-state index < -0.39 is 16.1 Å². The Hall–Kier alpha value is -2.08. The molecule has 1 N–H and O–H groups in total. The molecule has 0 spiro atoms. The first-order valence-electron chi connectivity index (χ1n) is 5.36. The molecule has 0 atom stereocenters. The van der Waals surface area contributed by atoms with Crippen LogP contribution >= 0.6 is 0 Å². The number of allylic oxidation sites excluding steroid dienone is 1. The van der Waals surface area contributed by atoms with Gasteiger partial charge in [0.2, 0.25) is 0 Å². The summed E-state index contributed by atoms with van der Waals surface area (Å²) in [6, 6.07) is 6.16. The van der Waals surface area contributed by atoms with E-state index in [1.54, 1.807) is 18.2 Å². The molecule has 0 saturated carbocycles. The van der Waals surface area contributed by atoms with Crippen molar-refractivity contribution in [3.63, 3.8) is 0 Å². The zero-order valence-electron chi connectivity index (χ0n) is 10.6. The number of carbonyl (C=O) groups is 1. The van der Waals surface area contributed by atoms with Gasteiger partial charge in [-0.3, -0.25) is 0 Å². The van der Waals surface area contributed by atoms with E-state index >= 15 is 0 Å². The van der Waals surface area contributed by atoms with Gasteiger partial charge in [0.15, 0.2) is 0 Å². The van der Waals surface area contributed by atoms with Gasteiger partial charge >= 0.3 is 16.1 Å². The first-order valence-corrected chi connectivity index (χ1v) is 6.77. The van der Waals surface area contributed by atoms with E-state index in [2.05, 4.69) is 6.58 Å². The van der Waals surface area contributed by atoms with Crippen molar-refractivity contribution in [1.29, 1.82) is 0 Å². The van der Waals surface area contributed by atoms with Crippen LogP contribution in [0.5, 0.6) is 0 Å². The molecular formula is C13H14O5S. The SMILES string of the molecule is C=Cc1ccccc1S(=O)(=O)O/C(C)=C(\C)C(=O)O. The standard InChI is InChI=1S/C13H14O5S/c1-4-11-7-5-6-8-12(11)19(16,17)18-10(3)9(2)13(14)15/h4-8H,1H2,2-3H3,(H,14,15)/b10-9+. The molecule has 0 aliphatic carbocycles. The van der Waals surface area contributed by atoms with Crippen molar-refractivity contribution in [3.05, 3.63) is 47.7 Å². The number of rotatable bonds is 5. The van der Waals surface area contributed by atoms with Crippen LogP contribution in [-0.2, 0) is 19.1 Å². The van der Waals surface area contributed by atoms with E-state index in [4.69, 9.17) is 9.29 Å². The summed E-state index contributed by atoms with van der Waals surface area (Å²) in [6.45, 7) is 6.08. The molecule has 0 saturated heterocycles. The summed E-state index contributed by atoms with van der Waals surface area (Å²) in [6.07, 6.45) is 1.39. The predicted octanol–water partition coefficient (Wildman–Crippen LogP) is 2.41. The highest BCUT2D eigenvalue weighted by atomic mass is 32.2. The largest absolute Gasteiger partial charge is 0.478 e. The number of carboxylic acids is 1. The summed E-state index contributed by atoms with van der Waals surface area (Å²) < 4.78 is 28.9. The minimum absolute atomic E-state index is 0.0532. The van der Waals surface area contributed by atoms with E-state index in [1.165, 1.54) is 26.0 Å². The van der Waals surface area contributed by atoms with Crippen LogP contribution in [0.2, 0.25) is 0 Å². The van der Waals surface area contributed by atoms with Crippen LogP contribution in [0, 0.1) is 0 Å². The maximum Gasteiger partial charge on any atom is 0.339 e. The fraction of sp³-hybridized carbons (Fsp3) is 0.154. The van der Waals surface area contributed by atoms with Crippen LogP contribution in [-0.4, -0.2) is 19.5 Å². The van der Waals surface area contributed by atoms with E-state index in [-0.39, 0.29) is 16.2 Å². The van der Waals surface area contributed by atoms with E-state index in [0.717, 1.165) is 0 Å². The van der Waals surface area contributed by atoms with Gasteiger partial charge in [-0.1, -0.05) is 30.9 Å². The van der Waals surface area contributed by atoms with E-state index in [9.17, 15) is 13.2 Å². The first kappa shape index (κ1) is 15.0. The Balaban J connectivity index is 3.23. The van der Waals surface area contributed by atoms with Gasteiger partial charge in [0, 0.05) is 0 Å². The van der Waals surface area contributed by atoms with Gasteiger partial charge < -0.3 is 9.29 Å². The molecule has 0 aliphatic rings. The van der Waals surface area contributed by atoms with Crippen LogP contribution in [0.3, 0.4) is 0 Å². The summed E-state index contributed by atoms with van der Waals surface area (Å²) in [4.78, 5) is 10.7. The Morgan fingerprint density at radius 3 is 2.42 bits per heavy atom. The second-order valence-electron chi connectivity index (χ2n) is 3.77. The zero-order valence-corrected chi connectivity index (χ0v) is 11.4. The van der Waals surface area contributed by atoms with Crippen LogP contribution in [0.4, 0.5) is 0 Å². The predicted molar refractivity (Wildman–Crippen MR) is 70.8 cm³/mol. The smallest absolute Gasteiger partial charge is 0.339 e. The van der Waals surface area contributed by atoms with Crippen LogP contribution in [0.25, 0.3) is 6.08 Å². The van der Waals surface area contributed by atoms with Gasteiger partial charge in [-0.05, 0) is 25.5 Å². The fourth-order valence-corrected chi connectivity index (χ4v) is 2.53. The lowest BCUT2D eigenvalue weighted by molar-refractivity contribution is -0.132. The van der Waals surface area contributed by atoms with Gasteiger partial charge in [0.05, 0.1) is 5.57 Å². The lowest BCUT2D eigenvalue weighted by atomic mass is 10.2. The fourth-order valence-electron chi connectivity index (χ4n) is 1.30. The molecule has 19 heavy (non-hydrogen) atoms. The molecule has 6 heteroatoms. The van der Waals surface area contributed by atoms with Crippen molar-refractivity contribution >= 4 is 22.2 Å². The Labute approximate surface area is 112 Å². The lowest BCUT2D eigenvalue weighted by Crippen LogP contribution is -2.10. The zero-order chi connectivity index (χ0) is 14.6. The monoisotopic (exact) mass is 282 g/mol. The molecule has 0 fully saturated rings. The Morgan fingerprint density at radius 2 is 1.89 bits per heavy atom. The van der Waals surface area contributed by atoms with Gasteiger partial charge in [0.1, 0.15) is 10.7 Å². The van der Waals surface area contributed by atoms with Crippen LogP contribution in [0.1, 0.15) is 19.4 Å². The third kappa shape index (κ3) is 3.45. The quantitative estimate of drug-likeness (QED) is 0.509. The molecule has 5 nitrogen and oxygen atoms in total. The molecule has 1 rings (SSSR count). The van der Waals surface area contributed by atoms with E-state index in [1.807, 2.05) is 0 Å². The van der Waals surface area contributed by atoms with Gasteiger partial charge in [-0.25, -0.2) is 4.79 Å². The average Bonchev–Trinajstić information content (AvgIpc) is 2.37. The van der Waals surface area contributed by atoms with Crippen LogP contribution in [0.15, 0.2) is 47.1 Å². The normalized spacial score (nSPS) is 12.5. The first-order chi connectivity index (χ1) is 8.79. The third-order valence-electron chi connectivity index (χ3n) is 2.49. The Kier molecular flexibility index (Phi) is 4.50. The van der Waals surface area contributed by atoms with Crippen molar-refractivity contribution in [2.45, 2.75) is 18.7 Å². The maximum atomic E-state index is 12.1. The molecule has 0 bridgehead atoms. The number of hydrogen-bond acceptors (Lipinski definition) is 4. The average molecular weight is 282 g/mol. The summed E-state index contributed by atoms with van der Waals surface area (Å²) in [5, 5.41) is 8.77. The van der Waals surface area contributed by atoms with Gasteiger partial charge in [-0.15, -0.1) is 0 Å². The molecule has 102 valence electrons. The lowest BCUT2D eigenvalue weighted by Gasteiger charge is -2.10. The van der Waals surface area contributed by atoms with Crippen molar-refractivity contribution in [1.82, 2.24) is 0 Å². The molecule has 0 aromatic heterocycles. The maximum absolute atomic E-state index is 12.1. The van der Waals surface area contributed by atoms with Gasteiger partial charge in [0.25, 0.3) is 0 Å². The molecule has 1 aromatic carbocycles. The highest BCUT2D eigenvalue weighted by Gasteiger charge is 2.21. The molecule has 0 unspecified atom stereocenters. The number of hydrogen-bond donors (Lipinski definition) is 1. The minimum Gasteiger partial charge on any atom is -0.478 e. The summed E-state index contributed by atoms with van der Waals surface area (Å²) in [5.41, 5.74) is 0.225. The second-order valence-corrected chi connectivity index (χ2v) is 5.28. The van der Waals surface area contributed by atoms with E-state index in [0.29, 0.717) is 5.56 Å². The summed E-state index contributed by atoms with van der Waals surface area (Å²) >= 11 is 0. The Bertz CT molecular complexity index is 641. The third-order valence-corrected chi connectivity index (χ3v) is 3.87. The highest BCUT2D eigenvalue weighted by molar-refractivity contribution is 7.87. The summed E-state index contributed by atoms with van der Waals surface area (Å²) in [7, 11) is -4.07. The van der Waals surface area contributed by atoms with Crippen molar-refractivity contribution in [2.24, 2.45) is 0 Å². The van der Waals surface area contributed by atoms with Gasteiger partial charge in [-0.2, -0.15) is 8.42 Å². The molecule has 0 aliphatic heterocycles. The molecule has 0 amide bonds. The summed E-state index contributed by atoms with van der Waals surface area (Å²) in [5.74, 6) is -1.41. The number of benzene rings is 1. The Morgan fingerprint density at radius 1 is 1.32 bits per heavy atom. The number of carboxylic acid groups (broad SMARTS) is 1. The van der Waals surface area contributed by atoms with Crippen molar-refractivity contribution in [2.75, 3.05) is 0 Å². The van der Waals surface area contributed by atoms with Crippen molar-refractivity contribution in [3.8, 4) is 0 Å². The molecule has 0 radical (unpaired) electrons. The molecular weight excluding hydrogens is 268 g/mol. The van der Waals surface area contributed by atoms with Crippen LogP contribution < -0.4 is 0 Å². The number of aliphatic carboxylic acids is 1. The topological polar surface area (TPSA) is 80.7 Å². The molecule has 1 aromatic rings. The van der Waals surface area contributed by atoms with Crippen molar-refractivity contribution < 1.29 is 22.5 Å². The molecule has 0 heterocycles.